The van der Waals surface area contributed by atoms with E-state index in [0.717, 1.165) is 31.6 Å². The smallest absolute Gasteiger partial charge is 0.254 e. The van der Waals surface area contributed by atoms with Crippen LogP contribution in [0.3, 0.4) is 0 Å². The van der Waals surface area contributed by atoms with Crippen molar-refractivity contribution in [2.24, 2.45) is 5.73 Å². The molecule has 8 heteroatoms. The molecule has 2 rings (SSSR count). The Kier molecular flexibility index (Phi) is 5.02. The minimum Gasteiger partial charge on any atom is -0.334 e. The van der Waals surface area contributed by atoms with Crippen molar-refractivity contribution in [1.29, 1.82) is 0 Å². The molecule has 0 aromatic heterocycles. The van der Waals surface area contributed by atoms with Crippen LogP contribution < -0.4 is 10.5 Å². The SMILES string of the molecule is CS(=O)(=O)Nc1cc(C(=O)N2CCCCC2CN)ccc1F. The van der Waals surface area contributed by atoms with Crippen LogP contribution in [0, 0.1) is 5.82 Å². The number of rotatable bonds is 4. The third-order valence-corrected chi connectivity index (χ3v) is 4.26. The predicted molar refractivity (Wildman–Crippen MR) is 82.6 cm³/mol. The van der Waals surface area contributed by atoms with Crippen LogP contribution in [0.1, 0.15) is 29.6 Å². The Balaban J connectivity index is 2.28. The van der Waals surface area contributed by atoms with Crippen LogP contribution in [0.15, 0.2) is 18.2 Å². The molecule has 1 aliphatic heterocycles. The van der Waals surface area contributed by atoms with E-state index in [1.54, 1.807) is 4.90 Å². The Labute approximate surface area is 129 Å². The summed E-state index contributed by atoms with van der Waals surface area (Å²) in [6, 6.07) is 3.63. The lowest BCUT2D eigenvalue weighted by Gasteiger charge is -2.35. The van der Waals surface area contributed by atoms with Gasteiger partial charge < -0.3 is 10.6 Å². The van der Waals surface area contributed by atoms with Gasteiger partial charge in [-0.3, -0.25) is 9.52 Å². The Morgan fingerprint density at radius 1 is 1.45 bits per heavy atom. The number of hydrogen-bond donors (Lipinski definition) is 2. The molecule has 1 aromatic carbocycles. The quantitative estimate of drug-likeness (QED) is 0.867. The number of anilines is 1. The third kappa shape index (κ3) is 3.95. The second-order valence-electron chi connectivity index (χ2n) is 5.45. The summed E-state index contributed by atoms with van der Waals surface area (Å²) < 4.78 is 38.2. The van der Waals surface area contributed by atoms with Crippen molar-refractivity contribution in [3.8, 4) is 0 Å². The first-order chi connectivity index (χ1) is 10.3. The zero-order valence-electron chi connectivity index (χ0n) is 12.4. The molecule has 0 bridgehead atoms. The number of nitrogens with one attached hydrogen (secondary N) is 1. The first-order valence-electron chi connectivity index (χ1n) is 7.10. The third-order valence-electron chi connectivity index (χ3n) is 3.67. The summed E-state index contributed by atoms with van der Waals surface area (Å²) >= 11 is 0. The maximum atomic E-state index is 13.7. The lowest BCUT2D eigenvalue weighted by Crippen LogP contribution is -2.47. The van der Waals surface area contributed by atoms with Crippen molar-refractivity contribution in [1.82, 2.24) is 4.90 Å². The van der Waals surface area contributed by atoms with Crippen molar-refractivity contribution in [3.63, 3.8) is 0 Å². The van der Waals surface area contributed by atoms with Gasteiger partial charge in [0.15, 0.2) is 0 Å². The standard InChI is InChI=1S/C14H20FN3O3S/c1-22(20,21)17-13-8-10(5-6-12(13)15)14(19)18-7-3-2-4-11(18)9-16/h5-6,8,11,17H,2-4,7,9,16H2,1H3. The maximum Gasteiger partial charge on any atom is 0.254 e. The number of nitrogens with zero attached hydrogens (tertiary/aromatic N) is 1. The number of carbonyl (C=O) groups is 1. The van der Waals surface area contributed by atoms with E-state index in [-0.39, 0.29) is 23.2 Å². The second kappa shape index (κ2) is 6.62. The number of amides is 1. The van der Waals surface area contributed by atoms with Crippen LogP contribution in [0.4, 0.5) is 10.1 Å². The first kappa shape index (κ1) is 16.7. The monoisotopic (exact) mass is 329 g/mol. The summed E-state index contributed by atoms with van der Waals surface area (Å²) in [5.41, 5.74) is 5.72. The lowest BCUT2D eigenvalue weighted by atomic mass is 10.0. The van der Waals surface area contributed by atoms with Crippen LogP contribution in [0.5, 0.6) is 0 Å². The highest BCUT2D eigenvalue weighted by atomic mass is 32.2. The highest BCUT2D eigenvalue weighted by Crippen LogP contribution is 2.22. The van der Waals surface area contributed by atoms with Gasteiger partial charge >= 0.3 is 0 Å². The average molecular weight is 329 g/mol. The molecule has 1 heterocycles. The van der Waals surface area contributed by atoms with Crippen LogP contribution in [-0.2, 0) is 10.0 Å². The molecule has 1 fully saturated rings. The second-order valence-corrected chi connectivity index (χ2v) is 7.20. The molecule has 0 aliphatic carbocycles. The zero-order chi connectivity index (χ0) is 16.3. The zero-order valence-corrected chi connectivity index (χ0v) is 13.2. The van der Waals surface area contributed by atoms with E-state index in [1.807, 2.05) is 0 Å². The van der Waals surface area contributed by atoms with Gasteiger partial charge in [0.25, 0.3) is 5.91 Å². The topological polar surface area (TPSA) is 92.5 Å². The van der Waals surface area contributed by atoms with E-state index >= 15 is 0 Å². The van der Waals surface area contributed by atoms with E-state index in [4.69, 9.17) is 5.73 Å². The summed E-state index contributed by atoms with van der Waals surface area (Å²) in [5, 5.41) is 0. The molecule has 122 valence electrons. The number of nitrogens with two attached hydrogens (primary N) is 1. The van der Waals surface area contributed by atoms with Crippen molar-refractivity contribution < 1.29 is 17.6 Å². The molecule has 1 saturated heterocycles. The number of piperidine rings is 1. The highest BCUT2D eigenvalue weighted by molar-refractivity contribution is 7.92. The fourth-order valence-electron chi connectivity index (χ4n) is 2.62. The molecule has 1 atom stereocenters. The fraction of sp³-hybridized carbons (Fsp3) is 0.500. The van der Waals surface area contributed by atoms with Gasteiger partial charge in [0.05, 0.1) is 11.9 Å². The molecule has 3 N–H and O–H groups in total. The van der Waals surface area contributed by atoms with E-state index in [9.17, 15) is 17.6 Å². The van der Waals surface area contributed by atoms with E-state index in [2.05, 4.69) is 4.72 Å². The number of likely N-dealkylation sites (tertiary alicyclic amines) is 1. The Hall–Kier alpha value is -1.67. The Bertz CT molecular complexity index is 663. The van der Waals surface area contributed by atoms with Gasteiger partial charge in [0.1, 0.15) is 5.82 Å². The predicted octanol–water partition coefficient (Wildman–Crippen LogP) is 1.15. The van der Waals surface area contributed by atoms with Gasteiger partial charge in [-0.2, -0.15) is 0 Å². The molecule has 1 aromatic rings. The lowest BCUT2D eigenvalue weighted by molar-refractivity contribution is 0.0623. The molecule has 0 radical (unpaired) electrons. The Morgan fingerprint density at radius 2 is 2.18 bits per heavy atom. The van der Waals surface area contributed by atoms with Gasteiger partial charge in [-0.15, -0.1) is 0 Å². The average Bonchev–Trinajstić information content (AvgIpc) is 2.47. The van der Waals surface area contributed by atoms with Crippen LogP contribution in [-0.4, -0.2) is 44.6 Å². The molecule has 1 amide bonds. The molecular weight excluding hydrogens is 309 g/mol. The molecular formula is C14H20FN3O3S. The maximum absolute atomic E-state index is 13.7. The number of carbonyl (C=O) groups excluding carboxylic acids is 1. The molecule has 0 saturated carbocycles. The van der Waals surface area contributed by atoms with E-state index < -0.39 is 15.8 Å². The summed E-state index contributed by atoms with van der Waals surface area (Å²) in [7, 11) is -3.62. The summed E-state index contributed by atoms with van der Waals surface area (Å²) in [5.74, 6) is -0.984. The van der Waals surface area contributed by atoms with Gasteiger partial charge in [0.2, 0.25) is 10.0 Å². The van der Waals surface area contributed by atoms with Crippen molar-refractivity contribution in [2.75, 3.05) is 24.1 Å². The van der Waals surface area contributed by atoms with Crippen molar-refractivity contribution in [2.45, 2.75) is 25.3 Å². The molecule has 1 unspecified atom stereocenters. The largest absolute Gasteiger partial charge is 0.334 e. The van der Waals surface area contributed by atoms with E-state index in [0.29, 0.717) is 13.1 Å². The van der Waals surface area contributed by atoms with Crippen LogP contribution >= 0.6 is 0 Å². The highest BCUT2D eigenvalue weighted by Gasteiger charge is 2.27. The summed E-state index contributed by atoms with van der Waals surface area (Å²) in [6.07, 6.45) is 3.70. The molecule has 22 heavy (non-hydrogen) atoms. The summed E-state index contributed by atoms with van der Waals surface area (Å²) in [6.45, 7) is 0.980. The number of sulfonamides is 1. The van der Waals surface area contributed by atoms with Gasteiger partial charge in [-0.25, -0.2) is 12.8 Å². The van der Waals surface area contributed by atoms with Gasteiger partial charge in [0, 0.05) is 24.7 Å². The molecule has 6 nitrogen and oxygen atoms in total. The van der Waals surface area contributed by atoms with Gasteiger partial charge in [-0.1, -0.05) is 0 Å². The van der Waals surface area contributed by atoms with E-state index in [1.165, 1.54) is 12.1 Å². The number of benzene rings is 1. The number of hydrogen-bond acceptors (Lipinski definition) is 4. The molecule has 1 aliphatic rings. The first-order valence-corrected chi connectivity index (χ1v) is 8.99. The normalized spacial score (nSPS) is 19.0. The fourth-order valence-corrected chi connectivity index (χ4v) is 3.17. The minimum atomic E-state index is -3.62. The van der Waals surface area contributed by atoms with Crippen LogP contribution in [0.2, 0.25) is 0 Å². The van der Waals surface area contributed by atoms with Crippen molar-refractivity contribution >= 4 is 21.6 Å². The van der Waals surface area contributed by atoms with Crippen LogP contribution in [0.25, 0.3) is 0 Å². The molecule has 0 spiro atoms. The Morgan fingerprint density at radius 3 is 2.82 bits per heavy atom. The van der Waals surface area contributed by atoms with Gasteiger partial charge in [-0.05, 0) is 37.5 Å². The minimum absolute atomic E-state index is 0.0300. The summed E-state index contributed by atoms with van der Waals surface area (Å²) in [4.78, 5) is 14.3. The number of halogens is 1. The van der Waals surface area contributed by atoms with Crippen molar-refractivity contribution in [3.05, 3.63) is 29.6 Å².